The predicted octanol–water partition coefficient (Wildman–Crippen LogP) is 5.38. The fraction of sp³-hybridized carbons (Fsp3) is 0.333. The van der Waals surface area contributed by atoms with E-state index in [0.717, 1.165) is 28.3 Å². The number of hydrogen-bond donors (Lipinski definition) is 0. The summed E-state index contributed by atoms with van der Waals surface area (Å²) in [6, 6.07) is 9.44. The Morgan fingerprint density at radius 2 is 2.00 bits per heavy atom. The number of thiophene rings is 1. The van der Waals surface area contributed by atoms with Gasteiger partial charge in [0.15, 0.2) is 9.84 Å². The van der Waals surface area contributed by atoms with Gasteiger partial charge in [-0.1, -0.05) is 37.6 Å². The number of benzene rings is 1. The molecule has 1 heterocycles. The first kappa shape index (κ1) is 16.7. The van der Waals surface area contributed by atoms with Crippen LogP contribution in [0.3, 0.4) is 0 Å². The number of hydrogen-bond acceptors (Lipinski definition) is 3. The van der Waals surface area contributed by atoms with Crippen molar-refractivity contribution in [2.45, 2.75) is 30.6 Å². The summed E-state index contributed by atoms with van der Waals surface area (Å²) in [6.07, 6.45) is 3.33. The van der Waals surface area contributed by atoms with Crippen LogP contribution in [0.5, 0.6) is 0 Å². The lowest BCUT2D eigenvalue weighted by molar-refractivity contribution is 0.560. The van der Waals surface area contributed by atoms with Crippen molar-refractivity contribution in [1.82, 2.24) is 0 Å². The Morgan fingerprint density at radius 1 is 1.26 bits per heavy atom. The predicted molar refractivity (Wildman–Crippen MR) is 98.2 cm³/mol. The van der Waals surface area contributed by atoms with E-state index in [4.69, 9.17) is 11.6 Å². The molecule has 0 N–H and O–H groups in total. The lowest BCUT2D eigenvalue weighted by Gasteiger charge is -2.19. The summed E-state index contributed by atoms with van der Waals surface area (Å²) in [5.41, 5.74) is 3.20. The zero-order chi connectivity index (χ0) is 16.8. The fourth-order valence-corrected chi connectivity index (χ4v) is 5.32. The molecule has 1 aliphatic carbocycles. The maximum Gasteiger partial charge on any atom is 0.175 e. The summed E-state index contributed by atoms with van der Waals surface area (Å²) in [7, 11) is -3.22. The van der Waals surface area contributed by atoms with Gasteiger partial charge in [0.1, 0.15) is 0 Å². The summed E-state index contributed by atoms with van der Waals surface area (Å²) in [5, 5.41) is 0. The highest BCUT2D eigenvalue weighted by molar-refractivity contribution is 7.90. The molecule has 2 unspecified atom stereocenters. The van der Waals surface area contributed by atoms with Gasteiger partial charge in [-0.3, -0.25) is 0 Å². The van der Waals surface area contributed by atoms with E-state index in [9.17, 15) is 8.42 Å². The quantitative estimate of drug-likeness (QED) is 0.727. The minimum absolute atomic E-state index is 0.226. The van der Waals surface area contributed by atoms with Crippen LogP contribution in [0.1, 0.15) is 41.7 Å². The Morgan fingerprint density at radius 3 is 2.57 bits per heavy atom. The molecule has 0 saturated carbocycles. The van der Waals surface area contributed by atoms with Gasteiger partial charge in [0.05, 0.1) is 9.23 Å². The SMILES string of the molecule is C=C1c2cc(S(C)(=O)=O)ccc2C(c2ccc(Cl)s2)C1CCC. The molecule has 0 fully saturated rings. The second-order valence-electron chi connectivity index (χ2n) is 6.06. The zero-order valence-corrected chi connectivity index (χ0v) is 15.6. The van der Waals surface area contributed by atoms with E-state index in [2.05, 4.69) is 19.6 Å². The molecule has 0 radical (unpaired) electrons. The Bertz CT molecular complexity index is 865. The Labute approximate surface area is 146 Å². The van der Waals surface area contributed by atoms with Crippen LogP contribution in [-0.4, -0.2) is 14.7 Å². The van der Waals surface area contributed by atoms with Gasteiger partial charge >= 0.3 is 0 Å². The summed E-state index contributed by atoms with van der Waals surface area (Å²) >= 11 is 7.72. The van der Waals surface area contributed by atoms with Gasteiger partial charge < -0.3 is 0 Å². The Kier molecular flexibility index (Phi) is 4.43. The van der Waals surface area contributed by atoms with Crippen LogP contribution in [-0.2, 0) is 9.84 Å². The largest absolute Gasteiger partial charge is 0.224 e. The number of rotatable bonds is 4. The van der Waals surface area contributed by atoms with Crippen LogP contribution in [0.15, 0.2) is 41.8 Å². The topological polar surface area (TPSA) is 34.1 Å². The number of fused-ring (bicyclic) bond motifs is 1. The van der Waals surface area contributed by atoms with E-state index in [0.29, 0.717) is 10.8 Å². The molecule has 2 nitrogen and oxygen atoms in total. The molecular weight excluding hydrogens is 348 g/mol. The summed E-state index contributed by atoms with van der Waals surface area (Å²) in [4.78, 5) is 1.58. The lowest BCUT2D eigenvalue weighted by atomic mass is 9.86. The number of halogens is 1. The van der Waals surface area contributed by atoms with E-state index in [1.807, 2.05) is 12.1 Å². The highest BCUT2D eigenvalue weighted by Gasteiger charge is 2.37. The maximum absolute atomic E-state index is 11.9. The molecule has 1 aromatic carbocycles. The average Bonchev–Trinajstić information content (AvgIpc) is 3.01. The lowest BCUT2D eigenvalue weighted by Crippen LogP contribution is -2.07. The van der Waals surface area contributed by atoms with E-state index in [1.165, 1.54) is 16.7 Å². The summed E-state index contributed by atoms with van der Waals surface area (Å²) in [5.74, 6) is 0.531. The van der Waals surface area contributed by atoms with E-state index >= 15 is 0 Å². The van der Waals surface area contributed by atoms with Crippen LogP contribution >= 0.6 is 22.9 Å². The van der Waals surface area contributed by atoms with Gasteiger partial charge in [0, 0.05) is 17.1 Å². The van der Waals surface area contributed by atoms with Gasteiger partial charge in [-0.05, 0) is 53.3 Å². The molecule has 1 aromatic heterocycles. The van der Waals surface area contributed by atoms with Gasteiger partial charge in [-0.2, -0.15) is 0 Å². The van der Waals surface area contributed by atoms with Crippen LogP contribution in [0, 0.1) is 5.92 Å². The highest BCUT2D eigenvalue weighted by atomic mass is 35.5. The molecule has 0 bridgehead atoms. The minimum Gasteiger partial charge on any atom is -0.224 e. The average molecular weight is 367 g/mol. The molecule has 0 aliphatic heterocycles. The molecule has 122 valence electrons. The summed E-state index contributed by atoms with van der Waals surface area (Å²) < 4.78 is 24.5. The Hall–Kier alpha value is -1.10. The van der Waals surface area contributed by atoms with Crippen LogP contribution in [0.25, 0.3) is 5.57 Å². The number of allylic oxidation sites excluding steroid dienone is 1. The van der Waals surface area contributed by atoms with Crippen molar-refractivity contribution in [3.05, 3.63) is 57.3 Å². The van der Waals surface area contributed by atoms with Crippen LogP contribution < -0.4 is 0 Å². The molecular formula is C18H19ClO2S2. The van der Waals surface area contributed by atoms with Gasteiger partial charge in [0.2, 0.25) is 0 Å². The second-order valence-corrected chi connectivity index (χ2v) is 9.82. The number of sulfone groups is 1. The van der Waals surface area contributed by atoms with Crippen molar-refractivity contribution in [1.29, 1.82) is 0 Å². The van der Waals surface area contributed by atoms with E-state index in [1.54, 1.807) is 23.5 Å². The second kappa shape index (κ2) is 6.08. The fourth-order valence-electron chi connectivity index (χ4n) is 3.43. The maximum atomic E-state index is 11.9. The standard InChI is InChI=1S/C18H19ClO2S2/c1-4-5-13-11(2)15-10-12(23(3,20)21)6-7-14(15)18(13)16-8-9-17(19)22-16/h6-10,13,18H,2,4-5H2,1,3H3. The minimum atomic E-state index is -3.22. The van der Waals surface area contributed by atoms with Gasteiger partial charge in [-0.25, -0.2) is 8.42 Å². The van der Waals surface area contributed by atoms with Gasteiger partial charge in [-0.15, -0.1) is 11.3 Å². The van der Waals surface area contributed by atoms with Crippen molar-refractivity contribution in [3.63, 3.8) is 0 Å². The first-order valence-corrected chi connectivity index (χ1v) is 10.7. The molecule has 0 spiro atoms. The van der Waals surface area contributed by atoms with Crippen LogP contribution in [0.2, 0.25) is 4.34 Å². The van der Waals surface area contributed by atoms with Crippen molar-refractivity contribution >= 4 is 38.3 Å². The normalized spacial score (nSPS) is 20.7. The van der Waals surface area contributed by atoms with Crippen molar-refractivity contribution < 1.29 is 8.42 Å². The van der Waals surface area contributed by atoms with Crippen LogP contribution in [0.4, 0.5) is 0 Å². The molecule has 1 aliphatic rings. The molecule has 2 atom stereocenters. The van der Waals surface area contributed by atoms with E-state index < -0.39 is 9.84 Å². The first-order chi connectivity index (χ1) is 10.8. The molecule has 0 amide bonds. The highest BCUT2D eigenvalue weighted by Crippen LogP contribution is 2.52. The summed E-state index contributed by atoms with van der Waals surface area (Å²) in [6.45, 7) is 6.44. The zero-order valence-electron chi connectivity index (χ0n) is 13.2. The molecule has 2 aromatic rings. The van der Waals surface area contributed by atoms with Crippen molar-refractivity contribution in [2.75, 3.05) is 6.26 Å². The smallest absolute Gasteiger partial charge is 0.175 e. The van der Waals surface area contributed by atoms with Crippen molar-refractivity contribution in [2.24, 2.45) is 5.92 Å². The third-order valence-corrected chi connectivity index (χ3v) is 6.91. The van der Waals surface area contributed by atoms with Gasteiger partial charge in [0.25, 0.3) is 0 Å². The third kappa shape index (κ3) is 3.00. The third-order valence-electron chi connectivity index (χ3n) is 4.48. The molecule has 0 saturated heterocycles. The Balaban J connectivity index is 2.15. The molecule has 5 heteroatoms. The molecule has 3 rings (SSSR count). The first-order valence-electron chi connectivity index (χ1n) is 7.61. The molecule has 23 heavy (non-hydrogen) atoms. The monoisotopic (exact) mass is 366 g/mol. The van der Waals surface area contributed by atoms with E-state index in [-0.39, 0.29) is 5.92 Å². The van der Waals surface area contributed by atoms with Crippen molar-refractivity contribution in [3.8, 4) is 0 Å².